The highest BCUT2D eigenvalue weighted by molar-refractivity contribution is 5.31. The van der Waals surface area contributed by atoms with E-state index in [0.717, 1.165) is 19.6 Å². The summed E-state index contributed by atoms with van der Waals surface area (Å²) in [6, 6.07) is 7.39. The van der Waals surface area contributed by atoms with Crippen LogP contribution in [-0.2, 0) is 0 Å². The van der Waals surface area contributed by atoms with Gasteiger partial charge in [0.25, 0.3) is 0 Å². The quantitative estimate of drug-likeness (QED) is 0.751. The van der Waals surface area contributed by atoms with Gasteiger partial charge >= 0.3 is 0 Å². The van der Waals surface area contributed by atoms with Gasteiger partial charge in [0.15, 0.2) is 0 Å². The molecule has 15 heavy (non-hydrogen) atoms. The number of hydrogen-bond donors (Lipinski definition) is 1. The summed E-state index contributed by atoms with van der Waals surface area (Å²) >= 11 is 0. The molecule has 82 valence electrons. The normalized spacial score (nSPS) is 23.0. The van der Waals surface area contributed by atoms with Crippen LogP contribution in [0.15, 0.2) is 18.2 Å². The van der Waals surface area contributed by atoms with Gasteiger partial charge in [-0.05, 0) is 26.5 Å². The van der Waals surface area contributed by atoms with Crippen LogP contribution in [0.4, 0.5) is 0 Å². The second-order valence-electron chi connectivity index (χ2n) is 4.62. The van der Waals surface area contributed by atoms with E-state index in [1.165, 1.54) is 16.7 Å². The lowest BCUT2D eigenvalue weighted by atomic mass is 9.99. The third-order valence-electron chi connectivity index (χ3n) is 3.14. The molecule has 1 saturated heterocycles. The number of hydrogen-bond acceptors (Lipinski definition) is 2. The molecule has 2 rings (SSSR count). The minimum absolute atomic E-state index is 0.539. The first-order valence-corrected chi connectivity index (χ1v) is 5.66. The highest BCUT2D eigenvalue weighted by Gasteiger charge is 2.20. The molecular weight excluding hydrogens is 184 g/mol. The smallest absolute Gasteiger partial charge is 0.0470 e. The van der Waals surface area contributed by atoms with Gasteiger partial charge in [0.1, 0.15) is 0 Å². The monoisotopic (exact) mass is 204 g/mol. The van der Waals surface area contributed by atoms with Crippen LogP contribution in [0.5, 0.6) is 0 Å². The molecule has 0 bridgehead atoms. The summed E-state index contributed by atoms with van der Waals surface area (Å²) < 4.78 is 0. The van der Waals surface area contributed by atoms with Crippen LogP contribution < -0.4 is 5.32 Å². The molecule has 1 heterocycles. The molecule has 0 radical (unpaired) electrons. The largest absolute Gasteiger partial charge is 0.314 e. The standard InChI is InChI=1S/C13H20N2/c1-10-6-11(2)8-12(7-10)13-9-14-4-5-15(13)3/h6-8,13-14H,4-5,9H2,1-3H3. The number of benzene rings is 1. The van der Waals surface area contributed by atoms with Crippen molar-refractivity contribution in [1.82, 2.24) is 10.2 Å². The second kappa shape index (κ2) is 4.33. The lowest BCUT2D eigenvalue weighted by Gasteiger charge is -2.33. The summed E-state index contributed by atoms with van der Waals surface area (Å²) in [4.78, 5) is 2.44. The van der Waals surface area contributed by atoms with Crippen LogP contribution in [0.1, 0.15) is 22.7 Å². The molecule has 0 aliphatic carbocycles. The second-order valence-corrected chi connectivity index (χ2v) is 4.62. The van der Waals surface area contributed by atoms with E-state index < -0.39 is 0 Å². The summed E-state index contributed by atoms with van der Waals surface area (Å²) in [5.41, 5.74) is 4.18. The summed E-state index contributed by atoms with van der Waals surface area (Å²) in [6.45, 7) is 7.66. The van der Waals surface area contributed by atoms with Crippen molar-refractivity contribution in [3.8, 4) is 0 Å². The molecule has 0 saturated carbocycles. The first-order chi connectivity index (χ1) is 7.16. The topological polar surface area (TPSA) is 15.3 Å². The Morgan fingerprint density at radius 1 is 1.20 bits per heavy atom. The van der Waals surface area contributed by atoms with E-state index in [1.54, 1.807) is 0 Å². The predicted molar refractivity (Wildman–Crippen MR) is 64.2 cm³/mol. The van der Waals surface area contributed by atoms with Crippen molar-refractivity contribution in [2.45, 2.75) is 19.9 Å². The first kappa shape index (κ1) is 10.7. The van der Waals surface area contributed by atoms with E-state index in [1.807, 2.05) is 0 Å². The average molecular weight is 204 g/mol. The zero-order valence-corrected chi connectivity index (χ0v) is 9.88. The molecule has 2 heteroatoms. The van der Waals surface area contributed by atoms with E-state index >= 15 is 0 Å². The Morgan fingerprint density at radius 3 is 2.47 bits per heavy atom. The molecule has 1 aliphatic heterocycles. The molecule has 1 unspecified atom stereocenters. The zero-order valence-electron chi connectivity index (χ0n) is 9.88. The minimum atomic E-state index is 0.539. The summed E-state index contributed by atoms with van der Waals surface area (Å²) in [5.74, 6) is 0. The fraction of sp³-hybridized carbons (Fsp3) is 0.538. The van der Waals surface area contributed by atoms with Gasteiger partial charge in [-0.1, -0.05) is 29.3 Å². The van der Waals surface area contributed by atoms with Gasteiger partial charge < -0.3 is 5.32 Å². The van der Waals surface area contributed by atoms with E-state index in [2.05, 4.69) is 49.3 Å². The van der Waals surface area contributed by atoms with Crippen molar-refractivity contribution < 1.29 is 0 Å². The Labute approximate surface area is 92.3 Å². The van der Waals surface area contributed by atoms with Gasteiger partial charge in [0.2, 0.25) is 0 Å². The maximum atomic E-state index is 3.46. The Kier molecular flexibility index (Phi) is 3.08. The molecule has 1 aromatic carbocycles. The molecule has 1 aromatic rings. The number of rotatable bonds is 1. The Morgan fingerprint density at radius 2 is 1.87 bits per heavy atom. The molecule has 0 aromatic heterocycles. The summed E-state index contributed by atoms with van der Waals surface area (Å²) in [6.07, 6.45) is 0. The Bertz CT molecular complexity index is 326. The molecule has 1 fully saturated rings. The van der Waals surface area contributed by atoms with Crippen LogP contribution in [0.25, 0.3) is 0 Å². The van der Waals surface area contributed by atoms with E-state index in [4.69, 9.17) is 0 Å². The third-order valence-corrected chi connectivity index (χ3v) is 3.14. The fourth-order valence-electron chi connectivity index (χ4n) is 2.38. The Hall–Kier alpha value is -0.860. The minimum Gasteiger partial charge on any atom is -0.314 e. The Balaban J connectivity index is 2.27. The lowest BCUT2D eigenvalue weighted by molar-refractivity contribution is 0.202. The number of nitrogens with one attached hydrogen (secondary N) is 1. The summed E-state index contributed by atoms with van der Waals surface area (Å²) in [7, 11) is 2.21. The van der Waals surface area contributed by atoms with Crippen molar-refractivity contribution in [2.75, 3.05) is 26.7 Å². The predicted octanol–water partition coefficient (Wildman–Crippen LogP) is 1.88. The number of aryl methyl sites for hydroxylation is 2. The van der Waals surface area contributed by atoms with Gasteiger partial charge in [0, 0.05) is 25.7 Å². The number of likely N-dealkylation sites (N-methyl/N-ethyl adjacent to an activating group) is 1. The van der Waals surface area contributed by atoms with Crippen LogP contribution in [0, 0.1) is 13.8 Å². The van der Waals surface area contributed by atoms with E-state index in [0.29, 0.717) is 6.04 Å². The van der Waals surface area contributed by atoms with Crippen LogP contribution >= 0.6 is 0 Å². The van der Waals surface area contributed by atoms with E-state index in [9.17, 15) is 0 Å². The maximum Gasteiger partial charge on any atom is 0.0470 e. The molecule has 1 aliphatic rings. The van der Waals surface area contributed by atoms with Crippen LogP contribution in [-0.4, -0.2) is 31.6 Å². The molecule has 1 atom stereocenters. The van der Waals surface area contributed by atoms with Crippen molar-refractivity contribution >= 4 is 0 Å². The maximum absolute atomic E-state index is 3.46. The van der Waals surface area contributed by atoms with Crippen molar-refractivity contribution in [1.29, 1.82) is 0 Å². The SMILES string of the molecule is Cc1cc(C)cc(C2CNCCN2C)c1. The van der Waals surface area contributed by atoms with Gasteiger partial charge in [-0.2, -0.15) is 0 Å². The first-order valence-electron chi connectivity index (χ1n) is 5.66. The molecular formula is C13H20N2. The van der Waals surface area contributed by atoms with Crippen molar-refractivity contribution in [2.24, 2.45) is 0 Å². The van der Waals surface area contributed by atoms with Crippen molar-refractivity contribution in [3.05, 3.63) is 34.9 Å². The van der Waals surface area contributed by atoms with Crippen LogP contribution in [0.3, 0.4) is 0 Å². The molecule has 2 nitrogen and oxygen atoms in total. The highest BCUT2D eigenvalue weighted by Crippen LogP contribution is 2.22. The fourth-order valence-corrected chi connectivity index (χ4v) is 2.38. The third kappa shape index (κ3) is 2.39. The highest BCUT2D eigenvalue weighted by atomic mass is 15.2. The average Bonchev–Trinajstić information content (AvgIpc) is 2.16. The van der Waals surface area contributed by atoms with Crippen LogP contribution in [0.2, 0.25) is 0 Å². The van der Waals surface area contributed by atoms with Gasteiger partial charge in [0.05, 0.1) is 0 Å². The van der Waals surface area contributed by atoms with Crippen molar-refractivity contribution in [3.63, 3.8) is 0 Å². The zero-order chi connectivity index (χ0) is 10.8. The number of nitrogens with zero attached hydrogens (tertiary/aromatic N) is 1. The van der Waals surface area contributed by atoms with Gasteiger partial charge in [-0.15, -0.1) is 0 Å². The van der Waals surface area contributed by atoms with E-state index in [-0.39, 0.29) is 0 Å². The van der Waals surface area contributed by atoms with Gasteiger partial charge in [-0.25, -0.2) is 0 Å². The summed E-state index contributed by atoms with van der Waals surface area (Å²) in [5, 5.41) is 3.46. The lowest BCUT2D eigenvalue weighted by Crippen LogP contribution is -2.43. The molecule has 0 spiro atoms. The molecule has 0 amide bonds. The van der Waals surface area contributed by atoms with Gasteiger partial charge in [-0.3, -0.25) is 4.90 Å². The molecule has 1 N–H and O–H groups in total. The number of piperazine rings is 1.